The third-order valence-electron chi connectivity index (χ3n) is 4.50. The Bertz CT molecular complexity index is 792. The normalized spacial score (nSPS) is 16.6. The predicted molar refractivity (Wildman–Crippen MR) is 101 cm³/mol. The molecule has 0 spiro atoms. The molecule has 5 nitrogen and oxygen atoms in total. The number of benzene rings is 2. The Morgan fingerprint density at radius 2 is 2.04 bits per heavy atom. The third-order valence-corrected chi connectivity index (χ3v) is 4.75. The monoisotopic (exact) mass is 372 g/mol. The average molecular weight is 373 g/mol. The molecule has 26 heavy (non-hydrogen) atoms. The standard InChI is InChI=1S/C20H21ClN2O3/c1-26-18-4-2-3-14(11-18)9-10-23-13-15(12-19(23)24)20(25)22-17-7-5-16(21)6-8-17/h2-8,11,15H,9-10,12-13H2,1H3,(H,22,25). The molecule has 2 amide bonds. The van der Waals surface area contributed by atoms with Crippen LogP contribution >= 0.6 is 11.6 Å². The molecule has 0 saturated carbocycles. The first-order chi connectivity index (χ1) is 12.5. The summed E-state index contributed by atoms with van der Waals surface area (Å²) in [5, 5.41) is 3.46. The van der Waals surface area contributed by atoms with E-state index in [9.17, 15) is 9.59 Å². The minimum Gasteiger partial charge on any atom is -0.497 e. The smallest absolute Gasteiger partial charge is 0.229 e. The van der Waals surface area contributed by atoms with Crippen molar-refractivity contribution in [1.29, 1.82) is 0 Å². The lowest BCUT2D eigenvalue weighted by molar-refractivity contribution is -0.128. The van der Waals surface area contributed by atoms with Gasteiger partial charge in [-0.15, -0.1) is 0 Å². The molecule has 0 radical (unpaired) electrons. The number of hydrogen-bond donors (Lipinski definition) is 1. The number of carbonyl (C=O) groups excluding carboxylic acids is 2. The van der Waals surface area contributed by atoms with E-state index in [0.29, 0.717) is 23.8 Å². The largest absolute Gasteiger partial charge is 0.497 e. The molecule has 1 aliphatic heterocycles. The molecule has 0 bridgehead atoms. The van der Waals surface area contributed by atoms with Crippen LogP contribution in [0.2, 0.25) is 5.02 Å². The maximum absolute atomic E-state index is 12.4. The van der Waals surface area contributed by atoms with E-state index in [1.165, 1.54) is 0 Å². The maximum atomic E-state index is 12.4. The van der Waals surface area contributed by atoms with Crippen molar-refractivity contribution in [3.05, 3.63) is 59.1 Å². The Morgan fingerprint density at radius 1 is 1.27 bits per heavy atom. The van der Waals surface area contributed by atoms with Crippen LogP contribution in [0.5, 0.6) is 5.75 Å². The van der Waals surface area contributed by atoms with E-state index in [2.05, 4.69) is 5.32 Å². The third kappa shape index (κ3) is 4.55. The lowest BCUT2D eigenvalue weighted by Crippen LogP contribution is -2.30. The van der Waals surface area contributed by atoms with E-state index < -0.39 is 0 Å². The zero-order valence-electron chi connectivity index (χ0n) is 14.6. The molecule has 0 aliphatic carbocycles. The SMILES string of the molecule is COc1cccc(CCN2CC(C(=O)Nc3ccc(Cl)cc3)CC2=O)c1. The van der Waals surface area contributed by atoms with Crippen molar-refractivity contribution in [3.63, 3.8) is 0 Å². The van der Waals surface area contributed by atoms with E-state index >= 15 is 0 Å². The number of halogens is 1. The summed E-state index contributed by atoms with van der Waals surface area (Å²) in [5.41, 5.74) is 1.79. The van der Waals surface area contributed by atoms with Crippen LogP contribution < -0.4 is 10.1 Å². The van der Waals surface area contributed by atoms with Crippen LogP contribution in [-0.2, 0) is 16.0 Å². The molecule has 2 aromatic carbocycles. The number of nitrogens with one attached hydrogen (secondary N) is 1. The van der Waals surface area contributed by atoms with Gasteiger partial charge >= 0.3 is 0 Å². The summed E-state index contributed by atoms with van der Waals surface area (Å²) >= 11 is 5.85. The van der Waals surface area contributed by atoms with Crippen molar-refractivity contribution in [2.45, 2.75) is 12.8 Å². The quantitative estimate of drug-likeness (QED) is 0.845. The molecule has 136 valence electrons. The van der Waals surface area contributed by atoms with Gasteiger partial charge in [0.25, 0.3) is 0 Å². The Hall–Kier alpha value is -2.53. The fourth-order valence-corrected chi connectivity index (χ4v) is 3.16. The maximum Gasteiger partial charge on any atom is 0.229 e. The second-order valence-electron chi connectivity index (χ2n) is 6.34. The van der Waals surface area contributed by atoms with Crippen LogP contribution in [0.1, 0.15) is 12.0 Å². The van der Waals surface area contributed by atoms with Gasteiger partial charge in [0.2, 0.25) is 11.8 Å². The van der Waals surface area contributed by atoms with Gasteiger partial charge in [-0.3, -0.25) is 9.59 Å². The minimum absolute atomic E-state index is 0.0177. The number of anilines is 1. The zero-order chi connectivity index (χ0) is 18.5. The molecule has 1 saturated heterocycles. The van der Waals surface area contributed by atoms with Gasteiger partial charge in [-0.2, -0.15) is 0 Å². The van der Waals surface area contributed by atoms with Gasteiger partial charge in [-0.05, 0) is 48.4 Å². The van der Waals surface area contributed by atoms with Gasteiger partial charge < -0.3 is 15.0 Å². The molecule has 1 atom stereocenters. The lowest BCUT2D eigenvalue weighted by Gasteiger charge is -2.17. The van der Waals surface area contributed by atoms with Gasteiger partial charge in [0.1, 0.15) is 5.75 Å². The molecule has 6 heteroatoms. The lowest BCUT2D eigenvalue weighted by atomic mass is 10.1. The van der Waals surface area contributed by atoms with Crippen LogP contribution in [0.3, 0.4) is 0 Å². The molecular formula is C20H21ClN2O3. The van der Waals surface area contributed by atoms with Crippen LogP contribution in [0.15, 0.2) is 48.5 Å². The number of likely N-dealkylation sites (tertiary alicyclic amines) is 1. The molecule has 1 N–H and O–H groups in total. The second kappa shape index (κ2) is 8.23. The van der Waals surface area contributed by atoms with E-state index in [1.54, 1.807) is 36.3 Å². The highest BCUT2D eigenvalue weighted by atomic mass is 35.5. The van der Waals surface area contributed by atoms with Crippen LogP contribution in [0.4, 0.5) is 5.69 Å². The number of methoxy groups -OCH3 is 1. The first-order valence-electron chi connectivity index (χ1n) is 8.52. The first kappa shape index (κ1) is 18.3. The molecule has 1 fully saturated rings. The summed E-state index contributed by atoms with van der Waals surface area (Å²) < 4.78 is 5.22. The predicted octanol–water partition coefficient (Wildman–Crippen LogP) is 3.38. The molecule has 1 heterocycles. The molecule has 2 aromatic rings. The summed E-state index contributed by atoms with van der Waals surface area (Å²) in [6.07, 6.45) is 0.978. The topological polar surface area (TPSA) is 58.6 Å². The van der Waals surface area contributed by atoms with Crippen molar-refractivity contribution in [2.24, 2.45) is 5.92 Å². The van der Waals surface area contributed by atoms with Crippen LogP contribution in [0.25, 0.3) is 0 Å². The van der Waals surface area contributed by atoms with Gasteiger partial charge in [-0.25, -0.2) is 0 Å². The number of carbonyl (C=O) groups is 2. The summed E-state index contributed by atoms with van der Waals surface area (Å²) in [6, 6.07) is 14.7. The van der Waals surface area contributed by atoms with E-state index in [4.69, 9.17) is 16.3 Å². The van der Waals surface area contributed by atoms with Crippen LogP contribution in [0, 0.1) is 5.92 Å². The number of rotatable bonds is 6. The Morgan fingerprint density at radius 3 is 2.77 bits per heavy atom. The van der Waals surface area contributed by atoms with Gasteiger partial charge in [0.15, 0.2) is 0 Å². The second-order valence-corrected chi connectivity index (χ2v) is 6.77. The van der Waals surface area contributed by atoms with Crippen molar-refractivity contribution in [2.75, 3.05) is 25.5 Å². The fourth-order valence-electron chi connectivity index (χ4n) is 3.03. The Balaban J connectivity index is 1.54. The number of nitrogens with zero attached hydrogens (tertiary/aromatic N) is 1. The number of amides is 2. The minimum atomic E-state index is -0.330. The molecule has 3 rings (SSSR count). The Kier molecular flexibility index (Phi) is 5.78. The van der Waals surface area contributed by atoms with Crippen molar-refractivity contribution in [3.8, 4) is 5.75 Å². The van der Waals surface area contributed by atoms with Gasteiger partial charge in [0, 0.05) is 30.2 Å². The van der Waals surface area contributed by atoms with Crippen molar-refractivity contribution >= 4 is 29.1 Å². The van der Waals surface area contributed by atoms with E-state index in [0.717, 1.165) is 17.7 Å². The first-order valence-corrected chi connectivity index (χ1v) is 8.90. The zero-order valence-corrected chi connectivity index (χ0v) is 15.3. The summed E-state index contributed by atoms with van der Waals surface area (Å²) in [4.78, 5) is 26.4. The highest BCUT2D eigenvalue weighted by Gasteiger charge is 2.34. The molecule has 0 aromatic heterocycles. The summed E-state index contributed by atoms with van der Waals surface area (Å²) in [7, 11) is 1.63. The van der Waals surface area contributed by atoms with Gasteiger partial charge in [0.05, 0.1) is 13.0 Å². The van der Waals surface area contributed by atoms with Gasteiger partial charge in [-0.1, -0.05) is 23.7 Å². The molecular weight excluding hydrogens is 352 g/mol. The number of hydrogen-bond acceptors (Lipinski definition) is 3. The average Bonchev–Trinajstić information content (AvgIpc) is 3.03. The highest BCUT2D eigenvalue weighted by Crippen LogP contribution is 2.22. The molecule has 1 unspecified atom stereocenters. The summed E-state index contributed by atoms with van der Waals surface area (Å²) in [5.74, 6) is 0.354. The van der Waals surface area contributed by atoms with E-state index in [-0.39, 0.29) is 24.2 Å². The molecule has 1 aliphatic rings. The van der Waals surface area contributed by atoms with Crippen molar-refractivity contribution in [1.82, 2.24) is 4.90 Å². The van der Waals surface area contributed by atoms with E-state index in [1.807, 2.05) is 24.3 Å². The fraction of sp³-hybridized carbons (Fsp3) is 0.300. The highest BCUT2D eigenvalue weighted by molar-refractivity contribution is 6.30. The summed E-state index contributed by atoms with van der Waals surface area (Å²) in [6.45, 7) is 1.04. The van der Waals surface area contributed by atoms with Crippen molar-refractivity contribution < 1.29 is 14.3 Å². The van der Waals surface area contributed by atoms with Crippen LogP contribution in [-0.4, -0.2) is 36.9 Å². The number of ether oxygens (including phenoxy) is 1. The Labute approximate surface area is 157 Å².